The van der Waals surface area contributed by atoms with Gasteiger partial charge in [-0.05, 0) is 47.1 Å². The van der Waals surface area contributed by atoms with Crippen LogP contribution in [0.5, 0.6) is 17.2 Å². The van der Waals surface area contributed by atoms with Crippen LogP contribution in [0.2, 0.25) is 5.02 Å². The Bertz CT molecular complexity index is 969. The van der Waals surface area contributed by atoms with Crippen molar-refractivity contribution in [2.75, 3.05) is 37.6 Å². The van der Waals surface area contributed by atoms with Crippen LogP contribution >= 0.6 is 27.5 Å². The lowest BCUT2D eigenvalue weighted by molar-refractivity contribution is -0.122. The molecule has 0 saturated carbocycles. The van der Waals surface area contributed by atoms with Gasteiger partial charge in [-0.2, -0.15) is 0 Å². The summed E-state index contributed by atoms with van der Waals surface area (Å²) in [6.45, 7) is 2.53. The van der Waals surface area contributed by atoms with Crippen molar-refractivity contribution in [3.8, 4) is 17.2 Å². The van der Waals surface area contributed by atoms with Gasteiger partial charge in [0.15, 0.2) is 17.2 Å². The lowest BCUT2D eigenvalue weighted by Crippen LogP contribution is -2.28. The fourth-order valence-corrected chi connectivity index (χ4v) is 4.23. The summed E-state index contributed by atoms with van der Waals surface area (Å²) in [6.07, 6.45) is 0.103. The van der Waals surface area contributed by atoms with E-state index in [1.54, 1.807) is 42.3 Å². The summed E-state index contributed by atoms with van der Waals surface area (Å²) in [6, 6.07) is 8.53. The zero-order valence-corrected chi connectivity index (χ0v) is 19.2. The molecular weight excluding hydrogens is 476 g/mol. The van der Waals surface area contributed by atoms with Crippen LogP contribution in [0.25, 0.3) is 0 Å². The van der Waals surface area contributed by atoms with E-state index in [0.29, 0.717) is 44.7 Å². The molecule has 1 heterocycles. The van der Waals surface area contributed by atoms with Crippen molar-refractivity contribution in [1.29, 1.82) is 0 Å². The molecule has 3 rings (SSSR count). The van der Waals surface area contributed by atoms with Crippen LogP contribution in [-0.2, 0) is 9.59 Å². The summed E-state index contributed by atoms with van der Waals surface area (Å²) in [7, 11) is 3.08. The zero-order chi connectivity index (χ0) is 21.8. The van der Waals surface area contributed by atoms with Crippen LogP contribution in [0.15, 0.2) is 34.8 Å². The predicted octanol–water partition coefficient (Wildman–Crippen LogP) is 4.51. The molecule has 0 bridgehead atoms. The van der Waals surface area contributed by atoms with Gasteiger partial charge in [-0.1, -0.05) is 11.6 Å². The van der Waals surface area contributed by atoms with Crippen molar-refractivity contribution in [3.05, 3.63) is 39.8 Å². The van der Waals surface area contributed by atoms with Crippen LogP contribution in [-0.4, -0.2) is 39.2 Å². The number of hydrogen-bond acceptors (Lipinski definition) is 5. The van der Waals surface area contributed by atoms with Crippen LogP contribution < -0.4 is 24.4 Å². The summed E-state index contributed by atoms with van der Waals surface area (Å²) in [4.78, 5) is 27.1. The number of anilines is 2. The maximum atomic E-state index is 12.9. The number of hydrogen-bond donors (Lipinski definition) is 1. The van der Waals surface area contributed by atoms with Crippen molar-refractivity contribution in [2.45, 2.75) is 13.3 Å². The van der Waals surface area contributed by atoms with E-state index < -0.39 is 5.92 Å². The Balaban J connectivity index is 1.78. The highest BCUT2D eigenvalue weighted by Gasteiger charge is 2.36. The number of carbonyl (C=O) groups is 2. The smallest absolute Gasteiger partial charge is 0.229 e. The van der Waals surface area contributed by atoms with Gasteiger partial charge in [-0.25, -0.2) is 0 Å². The SMILES string of the molecule is CCOc1c(Br)cc(Cl)cc1NC(=O)C1CC(=O)N(c2ccc(OC)c(OC)c2)C1. The third-order valence-electron chi connectivity index (χ3n) is 4.73. The Morgan fingerprint density at radius 1 is 1.23 bits per heavy atom. The van der Waals surface area contributed by atoms with Gasteiger partial charge in [0.2, 0.25) is 11.8 Å². The van der Waals surface area contributed by atoms with Gasteiger partial charge in [-0.15, -0.1) is 0 Å². The second-order valence-electron chi connectivity index (χ2n) is 6.63. The van der Waals surface area contributed by atoms with Crippen LogP contribution in [0, 0.1) is 5.92 Å². The molecule has 0 aliphatic carbocycles. The van der Waals surface area contributed by atoms with E-state index in [1.807, 2.05) is 6.92 Å². The van der Waals surface area contributed by atoms with Crippen LogP contribution in [0.3, 0.4) is 0 Å². The molecule has 1 fully saturated rings. The minimum absolute atomic E-state index is 0.103. The molecular formula is C21H22BrClN2O5. The molecule has 1 N–H and O–H groups in total. The fourth-order valence-electron chi connectivity index (χ4n) is 3.30. The van der Waals surface area contributed by atoms with Gasteiger partial charge in [0.05, 0.1) is 36.9 Å². The molecule has 160 valence electrons. The molecule has 2 aromatic carbocycles. The number of benzene rings is 2. The molecule has 0 spiro atoms. The van der Waals surface area contributed by atoms with Gasteiger partial charge in [0.1, 0.15) is 0 Å². The second kappa shape index (κ2) is 9.57. The van der Waals surface area contributed by atoms with Crippen molar-refractivity contribution < 1.29 is 23.8 Å². The maximum absolute atomic E-state index is 12.9. The molecule has 1 aliphatic heterocycles. The number of nitrogens with one attached hydrogen (secondary N) is 1. The standard InChI is InChI=1S/C21H22BrClN2O5/c1-4-30-20-15(22)8-13(23)9-16(20)24-21(27)12-7-19(26)25(11-12)14-5-6-17(28-2)18(10-14)29-3/h5-6,8-10,12H,4,7,11H2,1-3H3,(H,24,27). The molecule has 0 aromatic heterocycles. The quantitative estimate of drug-likeness (QED) is 0.609. The Labute approximate surface area is 188 Å². The van der Waals surface area contributed by atoms with E-state index in [1.165, 1.54) is 7.11 Å². The minimum Gasteiger partial charge on any atom is -0.493 e. The summed E-state index contributed by atoms with van der Waals surface area (Å²) in [5.41, 5.74) is 1.10. The van der Waals surface area contributed by atoms with Crippen molar-refractivity contribution in [1.82, 2.24) is 0 Å². The maximum Gasteiger partial charge on any atom is 0.229 e. The highest BCUT2D eigenvalue weighted by Crippen LogP contribution is 2.38. The summed E-state index contributed by atoms with van der Waals surface area (Å²) in [5, 5.41) is 3.30. The van der Waals surface area contributed by atoms with E-state index in [-0.39, 0.29) is 24.8 Å². The number of amides is 2. The van der Waals surface area contributed by atoms with E-state index in [2.05, 4.69) is 21.2 Å². The first-order valence-electron chi connectivity index (χ1n) is 9.33. The highest BCUT2D eigenvalue weighted by atomic mass is 79.9. The van der Waals surface area contributed by atoms with Gasteiger partial charge >= 0.3 is 0 Å². The molecule has 2 aromatic rings. The van der Waals surface area contributed by atoms with E-state index in [4.69, 9.17) is 25.8 Å². The molecule has 1 aliphatic rings. The molecule has 2 amide bonds. The summed E-state index contributed by atoms with van der Waals surface area (Å²) >= 11 is 9.53. The summed E-state index contributed by atoms with van der Waals surface area (Å²) < 4.78 is 16.8. The average Bonchev–Trinajstić information content (AvgIpc) is 3.11. The Hall–Kier alpha value is -2.45. The molecule has 1 atom stereocenters. The topological polar surface area (TPSA) is 77.1 Å². The van der Waals surface area contributed by atoms with E-state index in [0.717, 1.165) is 0 Å². The van der Waals surface area contributed by atoms with Crippen LogP contribution in [0.4, 0.5) is 11.4 Å². The molecule has 0 radical (unpaired) electrons. The Morgan fingerprint density at radius 2 is 1.97 bits per heavy atom. The van der Waals surface area contributed by atoms with E-state index >= 15 is 0 Å². The van der Waals surface area contributed by atoms with E-state index in [9.17, 15) is 9.59 Å². The lowest BCUT2D eigenvalue weighted by Gasteiger charge is -2.19. The minimum atomic E-state index is -0.516. The van der Waals surface area contributed by atoms with Gasteiger partial charge < -0.3 is 24.4 Å². The van der Waals surface area contributed by atoms with Crippen molar-refractivity contribution in [2.24, 2.45) is 5.92 Å². The first kappa shape index (κ1) is 22.2. The van der Waals surface area contributed by atoms with Crippen molar-refractivity contribution >= 4 is 50.7 Å². The zero-order valence-electron chi connectivity index (χ0n) is 16.8. The van der Waals surface area contributed by atoms with Crippen molar-refractivity contribution in [3.63, 3.8) is 0 Å². The Kier molecular flexibility index (Phi) is 7.10. The van der Waals surface area contributed by atoms with Crippen LogP contribution in [0.1, 0.15) is 13.3 Å². The first-order valence-corrected chi connectivity index (χ1v) is 10.5. The van der Waals surface area contributed by atoms with Gasteiger partial charge in [0.25, 0.3) is 0 Å². The number of halogens is 2. The lowest BCUT2D eigenvalue weighted by atomic mass is 10.1. The predicted molar refractivity (Wildman–Crippen MR) is 119 cm³/mol. The van der Waals surface area contributed by atoms with Gasteiger partial charge in [0, 0.05) is 29.7 Å². The number of ether oxygens (including phenoxy) is 3. The first-order chi connectivity index (χ1) is 14.4. The third-order valence-corrected chi connectivity index (χ3v) is 5.54. The second-order valence-corrected chi connectivity index (χ2v) is 7.92. The fraction of sp³-hybridized carbons (Fsp3) is 0.333. The highest BCUT2D eigenvalue weighted by molar-refractivity contribution is 9.10. The average molecular weight is 498 g/mol. The number of nitrogens with zero attached hydrogens (tertiary/aromatic N) is 1. The van der Waals surface area contributed by atoms with Gasteiger partial charge in [-0.3, -0.25) is 9.59 Å². The third kappa shape index (κ3) is 4.65. The monoisotopic (exact) mass is 496 g/mol. The molecule has 30 heavy (non-hydrogen) atoms. The summed E-state index contributed by atoms with van der Waals surface area (Å²) in [5.74, 6) is 0.647. The molecule has 9 heteroatoms. The number of methoxy groups -OCH3 is 2. The normalized spacial score (nSPS) is 15.8. The largest absolute Gasteiger partial charge is 0.493 e. The Morgan fingerprint density at radius 3 is 2.63 bits per heavy atom. The molecule has 1 unspecified atom stereocenters. The number of carbonyl (C=O) groups excluding carboxylic acids is 2. The number of rotatable bonds is 7. The molecule has 1 saturated heterocycles. The molecule has 7 nitrogen and oxygen atoms in total.